The van der Waals surface area contributed by atoms with Crippen LogP contribution in [0.1, 0.15) is 31.9 Å². The van der Waals surface area contributed by atoms with Gasteiger partial charge in [-0.25, -0.2) is 0 Å². The molecule has 23 heavy (non-hydrogen) atoms. The number of aromatic nitrogens is 2. The van der Waals surface area contributed by atoms with Crippen molar-refractivity contribution in [1.29, 1.82) is 0 Å². The van der Waals surface area contributed by atoms with E-state index in [4.69, 9.17) is 5.73 Å². The van der Waals surface area contributed by atoms with Gasteiger partial charge in [-0.1, -0.05) is 30.3 Å². The summed E-state index contributed by atoms with van der Waals surface area (Å²) in [6.07, 6.45) is 5.16. The van der Waals surface area contributed by atoms with Crippen molar-refractivity contribution in [1.82, 2.24) is 14.7 Å². The molecule has 4 nitrogen and oxygen atoms in total. The lowest BCUT2D eigenvalue weighted by molar-refractivity contribution is 0.276. The summed E-state index contributed by atoms with van der Waals surface area (Å²) < 4.78 is 2.03. The third-order valence-corrected chi connectivity index (χ3v) is 3.73. The summed E-state index contributed by atoms with van der Waals surface area (Å²) in [6, 6.07) is 10.6. The summed E-state index contributed by atoms with van der Waals surface area (Å²) in [4.78, 5) is 2.40. The Kier molecular flexibility index (Phi) is 7.76. The molecule has 1 aromatic carbocycles. The number of benzene rings is 1. The zero-order chi connectivity index (χ0) is 16.0. The normalized spacial score (nSPS) is 11.5. The Hall–Kier alpha value is -1.36. The molecule has 0 unspecified atom stereocenters. The van der Waals surface area contributed by atoms with Gasteiger partial charge in [-0.3, -0.25) is 9.58 Å². The first-order valence-corrected chi connectivity index (χ1v) is 7.99. The van der Waals surface area contributed by atoms with E-state index in [1.54, 1.807) is 0 Å². The van der Waals surface area contributed by atoms with Crippen LogP contribution in [0.4, 0.5) is 0 Å². The van der Waals surface area contributed by atoms with Gasteiger partial charge in [0.2, 0.25) is 0 Å². The van der Waals surface area contributed by atoms with Crippen molar-refractivity contribution >= 4 is 12.4 Å². The van der Waals surface area contributed by atoms with E-state index in [1.807, 2.05) is 10.9 Å². The van der Waals surface area contributed by atoms with E-state index in [1.165, 1.54) is 11.1 Å². The van der Waals surface area contributed by atoms with E-state index in [0.717, 1.165) is 26.1 Å². The molecular formula is C18H29ClN4. The third kappa shape index (κ3) is 6.34. The first-order valence-electron chi connectivity index (χ1n) is 7.99. The van der Waals surface area contributed by atoms with Crippen LogP contribution in [0.15, 0.2) is 42.7 Å². The average Bonchev–Trinajstić information content (AvgIpc) is 2.95. The molecule has 128 valence electrons. The van der Waals surface area contributed by atoms with E-state index in [0.29, 0.717) is 6.54 Å². The van der Waals surface area contributed by atoms with Crippen LogP contribution >= 0.6 is 12.4 Å². The first-order chi connectivity index (χ1) is 10.5. The highest BCUT2D eigenvalue weighted by Gasteiger charge is 2.15. The van der Waals surface area contributed by atoms with E-state index in [2.05, 4.69) is 67.3 Å². The van der Waals surface area contributed by atoms with Crippen LogP contribution < -0.4 is 5.73 Å². The van der Waals surface area contributed by atoms with Crippen LogP contribution in [0.2, 0.25) is 0 Å². The lowest BCUT2D eigenvalue weighted by Gasteiger charge is -2.21. The van der Waals surface area contributed by atoms with Crippen LogP contribution in [0, 0.1) is 0 Å². The molecule has 1 aromatic heterocycles. The van der Waals surface area contributed by atoms with Crippen LogP contribution in [-0.2, 0) is 18.5 Å². The van der Waals surface area contributed by atoms with Gasteiger partial charge in [0.15, 0.2) is 0 Å². The minimum Gasteiger partial charge on any atom is -0.329 e. The fourth-order valence-electron chi connectivity index (χ4n) is 2.45. The molecule has 2 N–H and O–H groups in total. The maximum absolute atomic E-state index is 5.76. The second-order valence-electron chi connectivity index (χ2n) is 6.76. The number of rotatable bonds is 7. The van der Waals surface area contributed by atoms with Gasteiger partial charge < -0.3 is 5.73 Å². The van der Waals surface area contributed by atoms with Gasteiger partial charge in [0.05, 0.1) is 11.7 Å². The molecule has 5 heteroatoms. The molecule has 0 fully saturated rings. The van der Waals surface area contributed by atoms with Crippen molar-refractivity contribution in [3.8, 4) is 0 Å². The van der Waals surface area contributed by atoms with Crippen molar-refractivity contribution in [3.05, 3.63) is 53.9 Å². The molecule has 0 aliphatic carbocycles. The average molecular weight is 337 g/mol. The Morgan fingerprint density at radius 2 is 1.78 bits per heavy atom. The van der Waals surface area contributed by atoms with Crippen LogP contribution in [-0.4, -0.2) is 34.3 Å². The van der Waals surface area contributed by atoms with Gasteiger partial charge in [0.25, 0.3) is 0 Å². The van der Waals surface area contributed by atoms with Gasteiger partial charge in [0, 0.05) is 37.9 Å². The topological polar surface area (TPSA) is 47.1 Å². The Bertz CT molecular complexity index is 560. The molecule has 0 aliphatic rings. The fraction of sp³-hybridized carbons (Fsp3) is 0.500. The van der Waals surface area contributed by atoms with Crippen molar-refractivity contribution < 1.29 is 0 Å². The Balaban J connectivity index is 0.00000264. The summed E-state index contributed by atoms with van der Waals surface area (Å²) in [5, 5.41) is 4.48. The Morgan fingerprint density at radius 1 is 1.09 bits per heavy atom. The highest BCUT2D eigenvalue weighted by atomic mass is 35.5. The van der Waals surface area contributed by atoms with Crippen LogP contribution in [0.25, 0.3) is 0 Å². The highest BCUT2D eigenvalue weighted by molar-refractivity contribution is 5.85. The second kappa shape index (κ2) is 9.06. The Labute approximate surface area is 146 Å². The molecule has 0 saturated heterocycles. The fourth-order valence-corrected chi connectivity index (χ4v) is 2.45. The van der Waals surface area contributed by atoms with Gasteiger partial charge in [0.1, 0.15) is 0 Å². The maximum Gasteiger partial charge on any atom is 0.0543 e. The predicted molar refractivity (Wildman–Crippen MR) is 98.9 cm³/mol. The molecule has 2 rings (SSSR count). The van der Waals surface area contributed by atoms with Crippen LogP contribution in [0.5, 0.6) is 0 Å². The predicted octanol–water partition coefficient (Wildman–Crippen LogP) is 3.06. The molecule has 0 atom stereocenters. The molecule has 0 spiro atoms. The minimum absolute atomic E-state index is 0. The highest BCUT2D eigenvalue weighted by Crippen LogP contribution is 2.14. The number of hydrogen-bond acceptors (Lipinski definition) is 3. The van der Waals surface area contributed by atoms with E-state index < -0.39 is 0 Å². The van der Waals surface area contributed by atoms with E-state index in [9.17, 15) is 0 Å². The smallest absolute Gasteiger partial charge is 0.0543 e. The molecular weight excluding hydrogens is 308 g/mol. The molecule has 0 amide bonds. The summed E-state index contributed by atoms with van der Waals surface area (Å²) in [7, 11) is 0. The number of nitrogens with two attached hydrogens (primary N) is 1. The van der Waals surface area contributed by atoms with Crippen LogP contribution in [0.3, 0.4) is 0 Å². The first kappa shape index (κ1) is 19.7. The van der Waals surface area contributed by atoms with Crippen molar-refractivity contribution in [2.75, 3.05) is 19.6 Å². The second-order valence-corrected chi connectivity index (χ2v) is 6.76. The third-order valence-electron chi connectivity index (χ3n) is 3.73. The molecule has 1 heterocycles. The lowest BCUT2D eigenvalue weighted by Crippen LogP contribution is -2.31. The largest absolute Gasteiger partial charge is 0.329 e. The summed E-state index contributed by atoms with van der Waals surface area (Å²) in [5.74, 6) is 0. The summed E-state index contributed by atoms with van der Waals surface area (Å²) in [5.41, 5.74) is 8.41. The van der Waals surface area contributed by atoms with Crippen molar-refractivity contribution in [3.63, 3.8) is 0 Å². The quantitative estimate of drug-likeness (QED) is 0.845. The number of nitrogens with zero attached hydrogens (tertiary/aromatic N) is 3. The summed E-state index contributed by atoms with van der Waals surface area (Å²) in [6.45, 7) is 10.0. The number of halogens is 1. The monoisotopic (exact) mass is 336 g/mol. The minimum atomic E-state index is 0. The standard InChI is InChI=1S/C18H28N4.ClH/c1-18(2,3)22-15-17(13-20-22)14-21(12-10-19)11-9-16-7-5-4-6-8-16;/h4-8,13,15H,9-12,14,19H2,1-3H3;1H. The maximum atomic E-state index is 5.76. The van der Waals surface area contributed by atoms with E-state index >= 15 is 0 Å². The Morgan fingerprint density at radius 3 is 2.35 bits per heavy atom. The molecule has 0 radical (unpaired) electrons. The van der Waals surface area contributed by atoms with Crippen molar-refractivity contribution in [2.24, 2.45) is 5.73 Å². The molecule has 0 saturated carbocycles. The lowest BCUT2D eigenvalue weighted by atomic mass is 10.1. The van der Waals surface area contributed by atoms with Gasteiger partial charge in [-0.2, -0.15) is 5.10 Å². The number of hydrogen-bond donors (Lipinski definition) is 1. The SMILES string of the molecule is CC(C)(C)n1cc(CN(CCN)CCc2ccccc2)cn1.Cl. The van der Waals surface area contributed by atoms with E-state index in [-0.39, 0.29) is 17.9 Å². The summed E-state index contributed by atoms with van der Waals surface area (Å²) >= 11 is 0. The zero-order valence-corrected chi connectivity index (χ0v) is 15.2. The molecule has 0 bridgehead atoms. The van der Waals surface area contributed by atoms with Gasteiger partial charge >= 0.3 is 0 Å². The zero-order valence-electron chi connectivity index (χ0n) is 14.4. The van der Waals surface area contributed by atoms with Gasteiger partial charge in [-0.15, -0.1) is 12.4 Å². The molecule has 0 aliphatic heterocycles. The molecule has 2 aromatic rings. The van der Waals surface area contributed by atoms with Crippen molar-refractivity contribution in [2.45, 2.75) is 39.3 Å². The van der Waals surface area contributed by atoms with Gasteiger partial charge in [-0.05, 0) is 32.8 Å².